The summed E-state index contributed by atoms with van der Waals surface area (Å²) in [5.74, 6) is 0.473. The van der Waals surface area contributed by atoms with Crippen LogP contribution >= 0.6 is 0 Å². The molecule has 114 valence electrons. The SMILES string of the molecule is C=CCC(C)C(=O)OC/C=C(\C)c1cc(C)ccc1OC. The first-order chi connectivity index (χ1) is 9.99. The van der Waals surface area contributed by atoms with Crippen LogP contribution in [0.25, 0.3) is 5.57 Å². The normalized spacial score (nSPS) is 12.7. The predicted molar refractivity (Wildman–Crippen MR) is 86.3 cm³/mol. The molecule has 0 heterocycles. The van der Waals surface area contributed by atoms with Crippen LogP contribution in [0.4, 0.5) is 0 Å². The van der Waals surface area contributed by atoms with Gasteiger partial charge in [-0.15, -0.1) is 6.58 Å². The molecule has 3 heteroatoms. The van der Waals surface area contributed by atoms with E-state index in [1.54, 1.807) is 13.2 Å². The lowest BCUT2D eigenvalue weighted by Crippen LogP contribution is -2.14. The molecule has 0 aliphatic heterocycles. The number of hydrogen-bond acceptors (Lipinski definition) is 3. The minimum Gasteiger partial charge on any atom is -0.496 e. The van der Waals surface area contributed by atoms with E-state index in [-0.39, 0.29) is 18.5 Å². The minimum atomic E-state index is -0.199. The second kappa shape index (κ2) is 8.30. The molecular weight excluding hydrogens is 264 g/mol. The van der Waals surface area contributed by atoms with Gasteiger partial charge in [-0.2, -0.15) is 0 Å². The number of carbonyl (C=O) groups is 1. The van der Waals surface area contributed by atoms with Crippen molar-refractivity contribution in [3.05, 3.63) is 48.1 Å². The van der Waals surface area contributed by atoms with Crippen molar-refractivity contribution >= 4 is 11.5 Å². The van der Waals surface area contributed by atoms with E-state index in [9.17, 15) is 4.79 Å². The highest BCUT2D eigenvalue weighted by Gasteiger charge is 2.12. The highest BCUT2D eigenvalue weighted by molar-refractivity contribution is 5.73. The van der Waals surface area contributed by atoms with Crippen molar-refractivity contribution < 1.29 is 14.3 Å². The summed E-state index contributed by atoms with van der Waals surface area (Å²) in [6.07, 6.45) is 4.26. The zero-order valence-electron chi connectivity index (χ0n) is 13.3. The van der Waals surface area contributed by atoms with Crippen LogP contribution in [0.1, 0.15) is 31.4 Å². The summed E-state index contributed by atoms with van der Waals surface area (Å²) in [4.78, 5) is 11.7. The van der Waals surface area contributed by atoms with Gasteiger partial charge in [-0.3, -0.25) is 4.79 Å². The van der Waals surface area contributed by atoms with E-state index in [1.807, 2.05) is 39.0 Å². The van der Waals surface area contributed by atoms with Gasteiger partial charge in [0.1, 0.15) is 12.4 Å². The van der Waals surface area contributed by atoms with Crippen molar-refractivity contribution in [3.63, 3.8) is 0 Å². The van der Waals surface area contributed by atoms with Crippen LogP contribution in [0.2, 0.25) is 0 Å². The Morgan fingerprint density at radius 2 is 2.14 bits per heavy atom. The zero-order valence-corrected chi connectivity index (χ0v) is 13.3. The monoisotopic (exact) mass is 288 g/mol. The van der Waals surface area contributed by atoms with Crippen molar-refractivity contribution in [3.8, 4) is 5.75 Å². The van der Waals surface area contributed by atoms with Crippen LogP contribution in [0.5, 0.6) is 5.75 Å². The summed E-state index contributed by atoms with van der Waals surface area (Å²) in [7, 11) is 1.65. The molecule has 0 aliphatic rings. The lowest BCUT2D eigenvalue weighted by molar-refractivity contribution is -0.146. The highest BCUT2D eigenvalue weighted by Crippen LogP contribution is 2.26. The average Bonchev–Trinajstić information content (AvgIpc) is 2.47. The second-order valence-electron chi connectivity index (χ2n) is 5.15. The Balaban J connectivity index is 2.71. The van der Waals surface area contributed by atoms with E-state index in [2.05, 4.69) is 12.6 Å². The maximum absolute atomic E-state index is 11.7. The molecule has 0 spiro atoms. The Bertz CT molecular complexity index is 529. The number of carbonyl (C=O) groups excluding carboxylic acids is 1. The summed E-state index contributed by atoms with van der Waals surface area (Å²) in [5, 5.41) is 0. The Morgan fingerprint density at radius 3 is 2.76 bits per heavy atom. The molecule has 1 unspecified atom stereocenters. The fourth-order valence-electron chi connectivity index (χ4n) is 1.98. The first-order valence-corrected chi connectivity index (χ1v) is 7.09. The Morgan fingerprint density at radius 1 is 1.43 bits per heavy atom. The first kappa shape index (κ1) is 17.0. The number of esters is 1. The number of allylic oxidation sites excluding steroid dienone is 2. The maximum Gasteiger partial charge on any atom is 0.309 e. The number of aryl methyl sites for hydroxylation is 1. The molecule has 1 aromatic carbocycles. The van der Waals surface area contributed by atoms with Gasteiger partial charge in [0.2, 0.25) is 0 Å². The molecule has 3 nitrogen and oxygen atoms in total. The van der Waals surface area contributed by atoms with Gasteiger partial charge in [0.25, 0.3) is 0 Å². The fraction of sp³-hybridized carbons (Fsp3) is 0.389. The zero-order chi connectivity index (χ0) is 15.8. The molecule has 1 rings (SSSR count). The molecule has 0 saturated carbocycles. The van der Waals surface area contributed by atoms with E-state index in [0.717, 1.165) is 22.4 Å². The topological polar surface area (TPSA) is 35.5 Å². The van der Waals surface area contributed by atoms with Crippen LogP contribution < -0.4 is 4.74 Å². The first-order valence-electron chi connectivity index (χ1n) is 7.09. The van der Waals surface area contributed by atoms with Gasteiger partial charge in [0.15, 0.2) is 0 Å². The van der Waals surface area contributed by atoms with E-state index in [4.69, 9.17) is 9.47 Å². The Hall–Kier alpha value is -2.03. The summed E-state index contributed by atoms with van der Waals surface area (Å²) in [5.41, 5.74) is 3.21. The molecule has 1 atom stereocenters. The number of hydrogen-bond donors (Lipinski definition) is 0. The smallest absolute Gasteiger partial charge is 0.309 e. The molecule has 0 bridgehead atoms. The molecule has 0 fully saturated rings. The third-order valence-corrected chi connectivity index (χ3v) is 3.32. The third kappa shape index (κ3) is 5.10. The number of methoxy groups -OCH3 is 1. The van der Waals surface area contributed by atoms with E-state index in [0.29, 0.717) is 6.42 Å². The molecule has 0 N–H and O–H groups in total. The molecule has 0 aromatic heterocycles. The Labute approximate surface area is 127 Å². The molecule has 0 saturated heterocycles. The lowest BCUT2D eigenvalue weighted by Gasteiger charge is -2.11. The lowest BCUT2D eigenvalue weighted by atomic mass is 10.0. The minimum absolute atomic E-state index is 0.148. The van der Waals surface area contributed by atoms with Crippen LogP contribution in [-0.4, -0.2) is 19.7 Å². The summed E-state index contributed by atoms with van der Waals surface area (Å²) in [6, 6.07) is 6.01. The van der Waals surface area contributed by atoms with Gasteiger partial charge in [-0.05, 0) is 44.1 Å². The fourth-order valence-corrected chi connectivity index (χ4v) is 1.98. The van der Waals surface area contributed by atoms with Gasteiger partial charge in [-0.1, -0.05) is 24.6 Å². The van der Waals surface area contributed by atoms with Gasteiger partial charge in [-0.25, -0.2) is 0 Å². The summed E-state index contributed by atoms with van der Waals surface area (Å²) >= 11 is 0. The van der Waals surface area contributed by atoms with Gasteiger partial charge in [0, 0.05) is 5.56 Å². The van der Waals surface area contributed by atoms with Crippen LogP contribution in [0.15, 0.2) is 36.9 Å². The summed E-state index contributed by atoms with van der Waals surface area (Å²) < 4.78 is 10.6. The van der Waals surface area contributed by atoms with Crippen LogP contribution in [0.3, 0.4) is 0 Å². The summed E-state index contributed by atoms with van der Waals surface area (Å²) in [6.45, 7) is 9.75. The Kier molecular flexibility index (Phi) is 6.73. The number of ether oxygens (including phenoxy) is 2. The molecule has 0 amide bonds. The van der Waals surface area contributed by atoms with Crippen molar-refractivity contribution in [2.45, 2.75) is 27.2 Å². The standard InChI is InChI=1S/C18H24O3/c1-6-7-15(4)18(19)21-11-10-14(3)16-12-13(2)8-9-17(16)20-5/h6,8-10,12,15H,1,7,11H2,2-5H3/b14-10+. The predicted octanol–water partition coefficient (Wildman–Crippen LogP) is 4.16. The van der Waals surface area contributed by atoms with E-state index in [1.165, 1.54) is 0 Å². The largest absolute Gasteiger partial charge is 0.496 e. The number of benzene rings is 1. The van der Waals surface area contributed by atoms with Crippen molar-refractivity contribution in [2.75, 3.05) is 13.7 Å². The van der Waals surface area contributed by atoms with Crippen LogP contribution in [0, 0.1) is 12.8 Å². The van der Waals surface area contributed by atoms with Gasteiger partial charge >= 0.3 is 5.97 Å². The van der Waals surface area contributed by atoms with E-state index >= 15 is 0 Å². The molecular formula is C18H24O3. The quantitative estimate of drug-likeness (QED) is 0.558. The molecule has 21 heavy (non-hydrogen) atoms. The number of rotatable bonds is 7. The van der Waals surface area contributed by atoms with Crippen molar-refractivity contribution in [1.29, 1.82) is 0 Å². The van der Waals surface area contributed by atoms with Crippen molar-refractivity contribution in [1.82, 2.24) is 0 Å². The average molecular weight is 288 g/mol. The van der Waals surface area contributed by atoms with E-state index < -0.39 is 0 Å². The third-order valence-electron chi connectivity index (χ3n) is 3.32. The highest BCUT2D eigenvalue weighted by atomic mass is 16.5. The molecule has 0 radical (unpaired) electrons. The maximum atomic E-state index is 11.7. The van der Waals surface area contributed by atoms with Crippen LogP contribution in [-0.2, 0) is 9.53 Å². The molecule has 0 aliphatic carbocycles. The van der Waals surface area contributed by atoms with Crippen molar-refractivity contribution in [2.24, 2.45) is 5.92 Å². The molecule has 1 aromatic rings. The van der Waals surface area contributed by atoms with Gasteiger partial charge < -0.3 is 9.47 Å². The second-order valence-corrected chi connectivity index (χ2v) is 5.15. The van der Waals surface area contributed by atoms with Gasteiger partial charge in [0.05, 0.1) is 13.0 Å².